The molecule has 20 heavy (non-hydrogen) atoms. The van der Waals surface area contributed by atoms with Crippen molar-refractivity contribution in [3.05, 3.63) is 28.2 Å². The molecule has 1 heterocycles. The number of imidazole rings is 1. The van der Waals surface area contributed by atoms with Crippen LogP contribution in [0.1, 0.15) is 44.5 Å². The van der Waals surface area contributed by atoms with Gasteiger partial charge < -0.3 is 4.57 Å². The Hall–Kier alpha value is -0.610. The molecule has 0 atom stereocenters. The van der Waals surface area contributed by atoms with Crippen molar-refractivity contribution in [1.29, 1.82) is 0 Å². The first-order valence-electron chi connectivity index (χ1n) is 7.02. The number of rotatable bonds is 2. The molecule has 1 fully saturated rings. The Labute approximate surface area is 131 Å². The Morgan fingerprint density at radius 1 is 1.35 bits per heavy atom. The van der Waals surface area contributed by atoms with Gasteiger partial charge in [-0.3, -0.25) is 0 Å². The fourth-order valence-electron chi connectivity index (χ4n) is 3.14. The second-order valence-corrected chi connectivity index (χ2v) is 6.82. The quantitative estimate of drug-likeness (QED) is 0.654. The maximum absolute atomic E-state index is 13.7. The number of hydrogen-bond donors (Lipinski definition) is 0. The van der Waals surface area contributed by atoms with Crippen molar-refractivity contribution < 1.29 is 4.39 Å². The molecule has 0 saturated heterocycles. The molecule has 1 aliphatic carbocycles. The van der Waals surface area contributed by atoms with Crippen LogP contribution in [0.25, 0.3) is 11.0 Å². The second kappa shape index (κ2) is 5.64. The lowest BCUT2D eigenvalue weighted by atomic mass is 9.87. The molecule has 1 aliphatic rings. The highest BCUT2D eigenvalue weighted by Crippen LogP contribution is 2.36. The van der Waals surface area contributed by atoms with E-state index in [0.717, 1.165) is 30.1 Å². The summed E-state index contributed by atoms with van der Waals surface area (Å²) in [5.41, 5.74) is 1.67. The summed E-state index contributed by atoms with van der Waals surface area (Å²) in [5.74, 6) is 1.73. The van der Waals surface area contributed by atoms with E-state index in [4.69, 9.17) is 11.6 Å². The summed E-state index contributed by atoms with van der Waals surface area (Å²) in [6, 6.07) is 3.74. The molecule has 1 aromatic heterocycles. The third-order valence-electron chi connectivity index (χ3n) is 4.27. The van der Waals surface area contributed by atoms with Gasteiger partial charge in [0.1, 0.15) is 11.6 Å². The van der Waals surface area contributed by atoms with Crippen LogP contribution in [0.5, 0.6) is 0 Å². The van der Waals surface area contributed by atoms with Gasteiger partial charge in [0, 0.05) is 12.1 Å². The van der Waals surface area contributed by atoms with Gasteiger partial charge >= 0.3 is 0 Å². The zero-order valence-electron chi connectivity index (χ0n) is 11.4. The van der Waals surface area contributed by atoms with E-state index in [9.17, 15) is 4.39 Å². The Balaban J connectivity index is 2.10. The topological polar surface area (TPSA) is 17.8 Å². The Bertz CT molecular complexity index is 632. The van der Waals surface area contributed by atoms with Crippen molar-refractivity contribution >= 4 is 38.6 Å². The maximum Gasteiger partial charge on any atom is 0.139 e. The summed E-state index contributed by atoms with van der Waals surface area (Å²) in [6.45, 7) is 2.30. The number of hydrogen-bond acceptors (Lipinski definition) is 1. The van der Waals surface area contributed by atoms with E-state index in [2.05, 4.69) is 32.4 Å². The van der Waals surface area contributed by atoms with E-state index in [1.807, 2.05) is 6.07 Å². The molecule has 0 amide bonds. The van der Waals surface area contributed by atoms with E-state index in [1.165, 1.54) is 18.9 Å². The molecular formula is C15H17BrClFN2. The first-order chi connectivity index (χ1) is 9.60. The monoisotopic (exact) mass is 358 g/mol. The average molecular weight is 360 g/mol. The van der Waals surface area contributed by atoms with Gasteiger partial charge in [-0.05, 0) is 53.6 Å². The fraction of sp³-hybridized carbons (Fsp3) is 0.533. The SMILES string of the molecule is CC1CCC(n2c(CCl)nc3cc(F)c(Br)cc32)CC1. The molecule has 3 rings (SSSR count). The number of fused-ring (bicyclic) bond motifs is 1. The predicted molar refractivity (Wildman–Crippen MR) is 83.6 cm³/mol. The summed E-state index contributed by atoms with van der Waals surface area (Å²) >= 11 is 9.31. The van der Waals surface area contributed by atoms with Gasteiger partial charge in [-0.15, -0.1) is 11.6 Å². The molecule has 0 unspecified atom stereocenters. The normalized spacial score (nSPS) is 23.4. The van der Waals surface area contributed by atoms with E-state index in [1.54, 1.807) is 0 Å². The van der Waals surface area contributed by atoms with Crippen molar-refractivity contribution in [1.82, 2.24) is 9.55 Å². The number of halogens is 3. The van der Waals surface area contributed by atoms with Gasteiger partial charge in [0.05, 0.1) is 21.4 Å². The highest BCUT2D eigenvalue weighted by Gasteiger charge is 2.24. The Kier molecular flexibility index (Phi) is 4.04. The number of aromatic nitrogens is 2. The summed E-state index contributed by atoms with van der Waals surface area (Å²) in [5, 5.41) is 0. The standard InChI is InChI=1S/C15H17BrClFN2/c1-9-2-4-10(5-3-9)20-14-6-11(16)12(18)7-13(14)19-15(20)8-17/h6-7,9-10H,2-5,8H2,1H3. The van der Waals surface area contributed by atoms with E-state index in [-0.39, 0.29) is 5.82 Å². The largest absolute Gasteiger partial charge is 0.324 e. The predicted octanol–water partition coefficient (Wildman–Crippen LogP) is 5.43. The molecule has 2 nitrogen and oxygen atoms in total. The van der Waals surface area contributed by atoms with Gasteiger partial charge in [-0.25, -0.2) is 9.37 Å². The van der Waals surface area contributed by atoms with Crippen molar-refractivity contribution in [3.63, 3.8) is 0 Å². The summed E-state index contributed by atoms with van der Waals surface area (Å²) in [4.78, 5) is 4.50. The molecular weight excluding hydrogens is 343 g/mol. The number of benzene rings is 1. The minimum absolute atomic E-state index is 0.277. The van der Waals surface area contributed by atoms with Crippen LogP contribution in [0.15, 0.2) is 16.6 Å². The first-order valence-corrected chi connectivity index (χ1v) is 8.34. The van der Waals surface area contributed by atoms with Crippen LogP contribution in [-0.4, -0.2) is 9.55 Å². The van der Waals surface area contributed by atoms with Gasteiger partial charge in [0.25, 0.3) is 0 Å². The fourth-order valence-corrected chi connectivity index (χ4v) is 3.66. The lowest BCUT2D eigenvalue weighted by Gasteiger charge is -2.28. The van der Waals surface area contributed by atoms with E-state index < -0.39 is 0 Å². The van der Waals surface area contributed by atoms with Crippen LogP contribution >= 0.6 is 27.5 Å². The van der Waals surface area contributed by atoms with Crippen molar-refractivity contribution in [2.45, 2.75) is 44.5 Å². The number of alkyl halides is 1. The minimum Gasteiger partial charge on any atom is -0.324 e. The Morgan fingerprint density at radius 3 is 2.70 bits per heavy atom. The lowest BCUT2D eigenvalue weighted by molar-refractivity contribution is 0.290. The van der Waals surface area contributed by atoms with Crippen molar-refractivity contribution in [2.24, 2.45) is 5.92 Å². The van der Waals surface area contributed by atoms with Gasteiger partial charge in [0.2, 0.25) is 0 Å². The molecule has 0 spiro atoms. The van der Waals surface area contributed by atoms with E-state index in [0.29, 0.717) is 21.9 Å². The summed E-state index contributed by atoms with van der Waals surface area (Å²) in [7, 11) is 0. The smallest absolute Gasteiger partial charge is 0.139 e. The lowest BCUT2D eigenvalue weighted by Crippen LogP contribution is -2.18. The molecule has 1 aromatic carbocycles. The van der Waals surface area contributed by atoms with Crippen molar-refractivity contribution in [2.75, 3.05) is 0 Å². The molecule has 1 saturated carbocycles. The third-order valence-corrected chi connectivity index (χ3v) is 5.12. The van der Waals surface area contributed by atoms with Gasteiger partial charge in [-0.2, -0.15) is 0 Å². The third kappa shape index (κ3) is 2.48. The minimum atomic E-state index is -0.277. The van der Waals surface area contributed by atoms with E-state index >= 15 is 0 Å². The summed E-state index contributed by atoms with van der Waals surface area (Å²) in [6.07, 6.45) is 4.75. The second-order valence-electron chi connectivity index (χ2n) is 5.70. The van der Waals surface area contributed by atoms with Gasteiger partial charge in [-0.1, -0.05) is 6.92 Å². The van der Waals surface area contributed by atoms with Crippen molar-refractivity contribution in [3.8, 4) is 0 Å². The van der Waals surface area contributed by atoms with Crippen LogP contribution in [0.4, 0.5) is 4.39 Å². The highest BCUT2D eigenvalue weighted by molar-refractivity contribution is 9.10. The van der Waals surface area contributed by atoms with Crippen LogP contribution in [0.3, 0.4) is 0 Å². The molecule has 5 heteroatoms. The average Bonchev–Trinajstić information content (AvgIpc) is 2.78. The summed E-state index contributed by atoms with van der Waals surface area (Å²) < 4.78 is 16.4. The first kappa shape index (κ1) is 14.3. The highest BCUT2D eigenvalue weighted by atomic mass is 79.9. The molecule has 0 aliphatic heterocycles. The zero-order chi connectivity index (χ0) is 14.3. The van der Waals surface area contributed by atoms with Crippen LogP contribution in [0, 0.1) is 11.7 Å². The number of nitrogens with zero attached hydrogens (tertiary/aromatic N) is 2. The van der Waals surface area contributed by atoms with Crippen LogP contribution < -0.4 is 0 Å². The zero-order valence-corrected chi connectivity index (χ0v) is 13.7. The molecule has 0 N–H and O–H groups in total. The molecule has 0 radical (unpaired) electrons. The van der Waals surface area contributed by atoms with Crippen LogP contribution in [-0.2, 0) is 5.88 Å². The maximum atomic E-state index is 13.7. The Morgan fingerprint density at radius 2 is 2.05 bits per heavy atom. The molecule has 0 bridgehead atoms. The van der Waals surface area contributed by atoms with Crippen LogP contribution in [0.2, 0.25) is 0 Å². The molecule has 2 aromatic rings. The van der Waals surface area contributed by atoms with Gasteiger partial charge in [0.15, 0.2) is 0 Å². The molecule has 108 valence electrons.